The zero-order chi connectivity index (χ0) is 7.40. The van der Waals surface area contributed by atoms with Crippen molar-refractivity contribution in [2.45, 2.75) is 0 Å². The minimum Gasteiger partial charge on any atom is -0.341 e. The number of amides is 2. The van der Waals surface area contributed by atoms with Gasteiger partial charge in [0.15, 0.2) is 0 Å². The van der Waals surface area contributed by atoms with E-state index in [9.17, 15) is 4.79 Å². The summed E-state index contributed by atoms with van der Waals surface area (Å²) in [6, 6.07) is -0.0908. The first-order chi connectivity index (χ1) is 4.83. The van der Waals surface area contributed by atoms with Gasteiger partial charge >= 0.3 is 6.03 Å². The molecule has 0 aromatic heterocycles. The van der Waals surface area contributed by atoms with E-state index in [1.165, 1.54) is 0 Å². The molecule has 1 fully saturated rings. The summed E-state index contributed by atoms with van der Waals surface area (Å²) in [5.41, 5.74) is 0. The monoisotopic (exact) mass is 143 g/mol. The van der Waals surface area contributed by atoms with Gasteiger partial charge in [0.05, 0.1) is 0 Å². The van der Waals surface area contributed by atoms with Crippen LogP contribution in [-0.2, 0) is 0 Å². The van der Waals surface area contributed by atoms with E-state index >= 15 is 0 Å². The molecule has 0 aromatic carbocycles. The molecular formula is C6H13N3O. The first-order valence-electron chi connectivity index (χ1n) is 3.49. The molecule has 2 amide bonds. The molecule has 0 unspecified atom stereocenters. The number of rotatable bonds is 2. The topological polar surface area (TPSA) is 53.2 Å². The maximum absolute atomic E-state index is 10.6. The van der Waals surface area contributed by atoms with Gasteiger partial charge in [-0.2, -0.15) is 0 Å². The molecule has 1 heterocycles. The van der Waals surface area contributed by atoms with Crippen LogP contribution in [0.1, 0.15) is 0 Å². The average molecular weight is 143 g/mol. The van der Waals surface area contributed by atoms with Crippen molar-refractivity contribution in [1.29, 1.82) is 0 Å². The third-order valence-corrected chi connectivity index (χ3v) is 1.64. The zero-order valence-corrected chi connectivity index (χ0v) is 6.11. The number of hydrogen-bond acceptors (Lipinski definition) is 2. The minimum absolute atomic E-state index is 0.0908. The fraction of sp³-hybridized carbons (Fsp3) is 0.833. The van der Waals surface area contributed by atoms with Crippen molar-refractivity contribution in [2.24, 2.45) is 5.92 Å². The van der Waals surface area contributed by atoms with Gasteiger partial charge in [-0.25, -0.2) is 4.79 Å². The van der Waals surface area contributed by atoms with Gasteiger partial charge in [-0.05, 0) is 0 Å². The number of hydrogen-bond donors (Lipinski definition) is 3. The van der Waals surface area contributed by atoms with Crippen LogP contribution in [0.4, 0.5) is 4.79 Å². The number of carbonyl (C=O) groups is 1. The summed E-state index contributed by atoms with van der Waals surface area (Å²) < 4.78 is 0. The molecule has 1 saturated heterocycles. The zero-order valence-electron chi connectivity index (χ0n) is 6.11. The predicted octanol–water partition coefficient (Wildman–Crippen LogP) is -0.865. The van der Waals surface area contributed by atoms with E-state index in [0.717, 1.165) is 19.6 Å². The smallest absolute Gasteiger partial charge is 0.314 e. The second-order valence-corrected chi connectivity index (χ2v) is 2.48. The van der Waals surface area contributed by atoms with Crippen LogP contribution < -0.4 is 16.0 Å². The minimum atomic E-state index is -0.0908. The summed E-state index contributed by atoms with van der Waals surface area (Å²) >= 11 is 0. The molecule has 1 aliphatic heterocycles. The van der Waals surface area contributed by atoms with Crippen molar-refractivity contribution in [3.05, 3.63) is 0 Å². The summed E-state index contributed by atoms with van der Waals surface area (Å²) in [5.74, 6) is 0.636. The Morgan fingerprint density at radius 2 is 2.40 bits per heavy atom. The summed E-state index contributed by atoms with van der Waals surface area (Å²) in [4.78, 5) is 10.6. The van der Waals surface area contributed by atoms with E-state index in [0.29, 0.717) is 5.92 Å². The quantitative estimate of drug-likeness (QED) is 0.471. The molecule has 10 heavy (non-hydrogen) atoms. The Kier molecular flexibility index (Phi) is 2.50. The Bertz CT molecular complexity index is 122. The maximum Gasteiger partial charge on any atom is 0.314 e. The number of urea groups is 1. The molecule has 0 atom stereocenters. The van der Waals surface area contributed by atoms with Crippen LogP contribution in [0.5, 0.6) is 0 Å². The summed E-state index contributed by atoms with van der Waals surface area (Å²) in [6.45, 7) is 2.85. The summed E-state index contributed by atoms with van der Waals surface area (Å²) in [5, 5.41) is 8.37. The highest BCUT2D eigenvalue weighted by Crippen LogP contribution is 1.98. The lowest BCUT2D eigenvalue weighted by Crippen LogP contribution is -2.49. The maximum atomic E-state index is 10.6. The molecule has 0 aliphatic carbocycles. The van der Waals surface area contributed by atoms with Crippen LogP contribution in [0.2, 0.25) is 0 Å². The number of carbonyl (C=O) groups excluding carboxylic acids is 1. The van der Waals surface area contributed by atoms with Gasteiger partial charge < -0.3 is 16.0 Å². The molecule has 0 bridgehead atoms. The van der Waals surface area contributed by atoms with Crippen LogP contribution in [0.3, 0.4) is 0 Å². The highest BCUT2D eigenvalue weighted by Gasteiger charge is 2.16. The molecular weight excluding hydrogens is 130 g/mol. The van der Waals surface area contributed by atoms with E-state index in [1.807, 2.05) is 0 Å². The standard InChI is InChI=1S/C6H13N3O/c1-7-6(10)9-4-5-2-8-3-5/h5,8H,2-4H2,1H3,(H2,7,9,10). The van der Waals surface area contributed by atoms with Crippen molar-refractivity contribution in [2.75, 3.05) is 26.7 Å². The van der Waals surface area contributed by atoms with E-state index < -0.39 is 0 Å². The Hall–Kier alpha value is -0.770. The van der Waals surface area contributed by atoms with Gasteiger partial charge in [0.2, 0.25) is 0 Å². The second kappa shape index (κ2) is 3.41. The Morgan fingerprint density at radius 1 is 1.70 bits per heavy atom. The van der Waals surface area contributed by atoms with Crippen molar-refractivity contribution in [3.8, 4) is 0 Å². The SMILES string of the molecule is CNC(=O)NCC1CNC1. The van der Waals surface area contributed by atoms with Crippen LogP contribution in [0.25, 0.3) is 0 Å². The second-order valence-electron chi connectivity index (χ2n) is 2.48. The van der Waals surface area contributed by atoms with Crippen LogP contribution in [0.15, 0.2) is 0 Å². The fourth-order valence-corrected chi connectivity index (χ4v) is 0.818. The summed E-state index contributed by atoms with van der Waals surface area (Å²) in [6.07, 6.45) is 0. The normalized spacial score (nSPS) is 17.7. The predicted molar refractivity (Wildman–Crippen MR) is 38.8 cm³/mol. The first kappa shape index (κ1) is 7.34. The molecule has 4 nitrogen and oxygen atoms in total. The molecule has 0 aromatic rings. The van der Waals surface area contributed by atoms with E-state index in [-0.39, 0.29) is 6.03 Å². The number of nitrogens with one attached hydrogen (secondary N) is 3. The highest BCUT2D eigenvalue weighted by molar-refractivity contribution is 5.73. The lowest BCUT2D eigenvalue weighted by Gasteiger charge is -2.26. The Balaban J connectivity index is 1.98. The molecule has 4 heteroatoms. The van der Waals surface area contributed by atoms with Gasteiger partial charge in [-0.15, -0.1) is 0 Å². The molecule has 0 saturated carbocycles. The third kappa shape index (κ3) is 1.88. The largest absolute Gasteiger partial charge is 0.341 e. The van der Waals surface area contributed by atoms with Crippen molar-refractivity contribution < 1.29 is 4.79 Å². The third-order valence-electron chi connectivity index (χ3n) is 1.64. The van der Waals surface area contributed by atoms with Crippen LogP contribution in [0, 0.1) is 5.92 Å². The molecule has 0 spiro atoms. The molecule has 1 rings (SSSR count). The summed E-state index contributed by atoms with van der Waals surface area (Å²) in [7, 11) is 1.62. The van der Waals surface area contributed by atoms with Gasteiger partial charge in [0, 0.05) is 32.6 Å². The highest BCUT2D eigenvalue weighted by atomic mass is 16.2. The van der Waals surface area contributed by atoms with Gasteiger partial charge in [0.25, 0.3) is 0 Å². The van der Waals surface area contributed by atoms with Crippen molar-refractivity contribution >= 4 is 6.03 Å². The molecule has 58 valence electrons. The fourth-order valence-electron chi connectivity index (χ4n) is 0.818. The lowest BCUT2D eigenvalue weighted by molar-refractivity contribution is 0.237. The molecule has 0 radical (unpaired) electrons. The van der Waals surface area contributed by atoms with Crippen LogP contribution >= 0.6 is 0 Å². The Morgan fingerprint density at radius 3 is 2.80 bits per heavy atom. The van der Waals surface area contributed by atoms with E-state index in [4.69, 9.17) is 0 Å². The lowest BCUT2D eigenvalue weighted by atomic mass is 10.0. The van der Waals surface area contributed by atoms with E-state index in [2.05, 4.69) is 16.0 Å². The Labute approximate surface area is 60.4 Å². The van der Waals surface area contributed by atoms with Gasteiger partial charge in [0.1, 0.15) is 0 Å². The van der Waals surface area contributed by atoms with Crippen LogP contribution in [-0.4, -0.2) is 32.7 Å². The molecule has 1 aliphatic rings. The average Bonchev–Trinajstić information content (AvgIpc) is 1.84. The van der Waals surface area contributed by atoms with E-state index in [1.54, 1.807) is 7.05 Å². The van der Waals surface area contributed by atoms with Crippen molar-refractivity contribution in [3.63, 3.8) is 0 Å². The first-order valence-corrected chi connectivity index (χ1v) is 3.49. The van der Waals surface area contributed by atoms with Gasteiger partial charge in [-0.3, -0.25) is 0 Å². The van der Waals surface area contributed by atoms with Gasteiger partial charge in [-0.1, -0.05) is 0 Å². The molecule has 3 N–H and O–H groups in total. The van der Waals surface area contributed by atoms with Crippen molar-refractivity contribution in [1.82, 2.24) is 16.0 Å².